The van der Waals surface area contributed by atoms with E-state index in [0.29, 0.717) is 11.6 Å². The van der Waals surface area contributed by atoms with Crippen LogP contribution in [0.25, 0.3) is 11.3 Å². The maximum absolute atomic E-state index is 5.62. The summed E-state index contributed by atoms with van der Waals surface area (Å²) in [6, 6.07) is 7.69. The Morgan fingerprint density at radius 3 is 2.70 bits per heavy atom. The molecule has 1 aliphatic rings. The predicted octanol–water partition coefficient (Wildman–Crippen LogP) is 1.77. The molecule has 3 rings (SSSR count). The van der Waals surface area contributed by atoms with Crippen LogP contribution in [0.5, 0.6) is 5.75 Å². The second kappa shape index (κ2) is 5.42. The molecular weight excluding hydrogens is 258 g/mol. The Bertz CT molecular complexity index is 591. The maximum Gasteiger partial charge on any atom is 0.172 e. The number of hydrogen-bond donors (Lipinski definition) is 1. The molecule has 0 unspecified atom stereocenters. The fraction of sp³-hybridized carbons (Fsp3) is 0.357. The van der Waals surface area contributed by atoms with Crippen molar-refractivity contribution in [3.05, 3.63) is 24.3 Å². The first kappa shape index (κ1) is 12.8. The van der Waals surface area contributed by atoms with Crippen molar-refractivity contribution >= 4 is 11.5 Å². The zero-order valence-corrected chi connectivity index (χ0v) is 11.3. The van der Waals surface area contributed by atoms with Crippen molar-refractivity contribution in [3.8, 4) is 17.1 Å². The van der Waals surface area contributed by atoms with Gasteiger partial charge in [0.25, 0.3) is 0 Å². The van der Waals surface area contributed by atoms with Crippen molar-refractivity contribution in [2.75, 3.05) is 44.0 Å². The number of anilines is 2. The molecular formula is C14H17N3O3. The van der Waals surface area contributed by atoms with E-state index in [9.17, 15) is 0 Å². The number of nitrogen functional groups attached to an aromatic ring is 1. The van der Waals surface area contributed by atoms with Gasteiger partial charge in [-0.3, -0.25) is 0 Å². The molecule has 1 aliphatic heterocycles. The van der Waals surface area contributed by atoms with Gasteiger partial charge in [-0.15, -0.1) is 0 Å². The van der Waals surface area contributed by atoms with Crippen LogP contribution in [0.15, 0.2) is 28.8 Å². The van der Waals surface area contributed by atoms with E-state index in [1.165, 1.54) is 0 Å². The third kappa shape index (κ3) is 2.42. The lowest BCUT2D eigenvalue weighted by atomic mass is 10.1. The molecule has 1 fully saturated rings. The average Bonchev–Trinajstić information content (AvgIpc) is 2.94. The average molecular weight is 275 g/mol. The summed E-state index contributed by atoms with van der Waals surface area (Å²) in [7, 11) is 1.63. The first-order valence-electron chi connectivity index (χ1n) is 6.51. The van der Waals surface area contributed by atoms with Crippen molar-refractivity contribution < 1.29 is 14.0 Å². The van der Waals surface area contributed by atoms with E-state index in [1.807, 2.05) is 18.2 Å². The molecule has 1 aromatic heterocycles. The molecule has 20 heavy (non-hydrogen) atoms. The number of nitrogens with two attached hydrogens (primary N) is 1. The summed E-state index contributed by atoms with van der Waals surface area (Å²) in [6.45, 7) is 3.25. The lowest BCUT2D eigenvalue weighted by Crippen LogP contribution is -2.36. The lowest BCUT2D eigenvalue weighted by molar-refractivity contribution is 0.122. The normalized spacial score (nSPS) is 15.3. The van der Waals surface area contributed by atoms with Crippen LogP contribution in [-0.2, 0) is 4.74 Å². The minimum Gasteiger partial charge on any atom is -0.496 e. The summed E-state index contributed by atoms with van der Waals surface area (Å²) >= 11 is 0. The van der Waals surface area contributed by atoms with Crippen molar-refractivity contribution in [1.82, 2.24) is 5.16 Å². The largest absolute Gasteiger partial charge is 0.496 e. The zero-order chi connectivity index (χ0) is 13.9. The van der Waals surface area contributed by atoms with Crippen LogP contribution < -0.4 is 15.4 Å². The lowest BCUT2D eigenvalue weighted by Gasteiger charge is -2.29. The van der Waals surface area contributed by atoms with E-state index < -0.39 is 0 Å². The molecule has 2 aromatic rings. The number of ether oxygens (including phenoxy) is 2. The highest BCUT2D eigenvalue weighted by atomic mass is 16.5. The predicted molar refractivity (Wildman–Crippen MR) is 75.9 cm³/mol. The van der Waals surface area contributed by atoms with E-state index in [4.69, 9.17) is 19.7 Å². The number of morpholine rings is 1. The number of nitrogens with zero attached hydrogens (tertiary/aromatic N) is 2. The van der Waals surface area contributed by atoms with E-state index >= 15 is 0 Å². The molecule has 0 saturated carbocycles. The second-order valence-electron chi connectivity index (χ2n) is 4.60. The van der Waals surface area contributed by atoms with Crippen LogP contribution in [0.3, 0.4) is 0 Å². The van der Waals surface area contributed by atoms with E-state index in [0.717, 1.165) is 43.3 Å². The number of aromatic nitrogens is 1. The zero-order valence-electron chi connectivity index (χ0n) is 11.3. The van der Waals surface area contributed by atoms with Crippen molar-refractivity contribution in [3.63, 3.8) is 0 Å². The summed E-state index contributed by atoms with van der Waals surface area (Å²) in [5, 5.41) is 3.72. The number of hydrogen-bond acceptors (Lipinski definition) is 6. The fourth-order valence-electron chi connectivity index (χ4n) is 2.32. The fourth-order valence-corrected chi connectivity index (χ4v) is 2.32. The Hall–Kier alpha value is -2.21. The molecule has 0 spiro atoms. The highest BCUT2D eigenvalue weighted by Crippen LogP contribution is 2.34. The van der Waals surface area contributed by atoms with Crippen LogP contribution in [0.1, 0.15) is 0 Å². The minimum absolute atomic E-state index is 0.360. The Kier molecular flexibility index (Phi) is 3.47. The molecule has 2 N–H and O–H groups in total. The SMILES string of the molecule is COc1ccc(N2CCOCC2)cc1-c1cc(N)no1. The Labute approximate surface area is 117 Å². The van der Waals surface area contributed by atoms with Gasteiger partial charge >= 0.3 is 0 Å². The van der Waals surface area contributed by atoms with Gasteiger partial charge < -0.3 is 24.6 Å². The van der Waals surface area contributed by atoms with Gasteiger partial charge in [0.15, 0.2) is 11.6 Å². The number of methoxy groups -OCH3 is 1. The molecule has 0 amide bonds. The van der Waals surface area contributed by atoms with Crippen molar-refractivity contribution in [2.24, 2.45) is 0 Å². The number of rotatable bonds is 3. The van der Waals surface area contributed by atoms with Gasteiger partial charge in [0, 0.05) is 24.8 Å². The summed E-state index contributed by atoms with van der Waals surface area (Å²) in [5.74, 6) is 1.70. The summed E-state index contributed by atoms with van der Waals surface area (Å²) in [6.07, 6.45) is 0. The van der Waals surface area contributed by atoms with E-state index in [2.05, 4.69) is 10.1 Å². The standard InChI is InChI=1S/C14H17N3O3/c1-18-12-3-2-10(17-4-6-19-7-5-17)8-11(12)13-9-14(15)16-20-13/h2-3,8-9H,4-7H2,1H3,(H2,15,16). The molecule has 2 heterocycles. The van der Waals surface area contributed by atoms with Gasteiger partial charge in [-0.1, -0.05) is 5.16 Å². The minimum atomic E-state index is 0.360. The molecule has 0 aliphatic carbocycles. The molecule has 6 nitrogen and oxygen atoms in total. The molecule has 106 valence electrons. The topological polar surface area (TPSA) is 73.8 Å². The highest BCUT2D eigenvalue weighted by Gasteiger charge is 2.16. The summed E-state index contributed by atoms with van der Waals surface area (Å²) < 4.78 is 16.0. The van der Waals surface area contributed by atoms with Crippen molar-refractivity contribution in [2.45, 2.75) is 0 Å². The highest BCUT2D eigenvalue weighted by molar-refractivity contribution is 5.72. The Balaban J connectivity index is 1.98. The Morgan fingerprint density at radius 1 is 1.25 bits per heavy atom. The van der Waals surface area contributed by atoms with Crippen LogP contribution in [0.2, 0.25) is 0 Å². The third-order valence-corrected chi connectivity index (χ3v) is 3.35. The molecule has 0 radical (unpaired) electrons. The maximum atomic E-state index is 5.62. The van der Waals surface area contributed by atoms with Crippen molar-refractivity contribution in [1.29, 1.82) is 0 Å². The molecule has 1 saturated heterocycles. The smallest absolute Gasteiger partial charge is 0.172 e. The first-order chi connectivity index (χ1) is 9.78. The van der Waals surface area contributed by atoms with Gasteiger partial charge in [-0.05, 0) is 18.2 Å². The third-order valence-electron chi connectivity index (χ3n) is 3.35. The summed E-state index contributed by atoms with van der Waals surface area (Å²) in [5.41, 5.74) is 7.57. The molecule has 0 atom stereocenters. The quantitative estimate of drug-likeness (QED) is 0.920. The van der Waals surface area contributed by atoms with Crippen LogP contribution in [0, 0.1) is 0 Å². The van der Waals surface area contributed by atoms with Crippen LogP contribution in [-0.4, -0.2) is 38.6 Å². The van der Waals surface area contributed by atoms with Gasteiger partial charge in [0.05, 0.1) is 25.9 Å². The van der Waals surface area contributed by atoms with E-state index in [-0.39, 0.29) is 0 Å². The molecule has 1 aromatic carbocycles. The van der Waals surface area contributed by atoms with E-state index in [1.54, 1.807) is 13.2 Å². The monoisotopic (exact) mass is 275 g/mol. The van der Waals surface area contributed by atoms with Crippen LogP contribution >= 0.6 is 0 Å². The summed E-state index contributed by atoms with van der Waals surface area (Å²) in [4.78, 5) is 2.27. The van der Waals surface area contributed by atoms with Crippen LogP contribution in [0.4, 0.5) is 11.5 Å². The molecule has 0 bridgehead atoms. The second-order valence-corrected chi connectivity index (χ2v) is 4.60. The molecule has 6 heteroatoms. The Morgan fingerprint density at radius 2 is 2.05 bits per heavy atom. The van der Waals surface area contributed by atoms with Gasteiger partial charge in [-0.2, -0.15) is 0 Å². The van der Waals surface area contributed by atoms with Gasteiger partial charge in [0.2, 0.25) is 0 Å². The number of benzene rings is 1. The first-order valence-corrected chi connectivity index (χ1v) is 6.51. The van der Waals surface area contributed by atoms with Gasteiger partial charge in [-0.25, -0.2) is 0 Å². The van der Waals surface area contributed by atoms with Gasteiger partial charge in [0.1, 0.15) is 5.75 Å².